The highest BCUT2D eigenvalue weighted by Gasteiger charge is 2.23. The average molecular weight is 209 g/mol. The van der Waals surface area contributed by atoms with Gasteiger partial charge in [-0.05, 0) is 18.3 Å². The van der Waals surface area contributed by atoms with Gasteiger partial charge in [-0.2, -0.15) is 0 Å². The normalized spacial score (nSPS) is 27.7. The van der Waals surface area contributed by atoms with Crippen LogP contribution in [-0.2, 0) is 0 Å². The zero-order chi connectivity index (χ0) is 11.3. The molecule has 0 aromatic heterocycles. The summed E-state index contributed by atoms with van der Waals surface area (Å²) in [5, 5.41) is 3.29. The number of piperidine rings is 1. The lowest BCUT2D eigenvalue weighted by Gasteiger charge is -2.36. The summed E-state index contributed by atoms with van der Waals surface area (Å²) in [5.74, 6) is 2.53. The van der Waals surface area contributed by atoms with Crippen LogP contribution >= 0.6 is 0 Å². The smallest absolute Gasteiger partial charge is 0.193 e. The number of hydrogen-bond acceptors (Lipinski definition) is 1. The van der Waals surface area contributed by atoms with Gasteiger partial charge < -0.3 is 10.2 Å². The van der Waals surface area contributed by atoms with Gasteiger partial charge in [-0.3, -0.25) is 4.99 Å². The Balaban J connectivity index is 2.55. The second-order valence-electron chi connectivity index (χ2n) is 4.57. The fourth-order valence-electron chi connectivity index (χ4n) is 2.33. The molecule has 0 saturated carbocycles. The third kappa shape index (κ3) is 3.57. The van der Waals surface area contributed by atoms with Gasteiger partial charge in [0.1, 0.15) is 0 Å². The van der Waals surface area contributed by atoms with Gasteiger partial charge in [0.2, 0.25) is 0 Å². The maximum atomic E-state index is 4.30. The first-order chi connectivity index (χ1) is 7.17. The Hall–Kier alpha value is -0.990. The maximum Gasteiger partial charge on any atom is 0.193 e. The van der Waals surface area contributed by atoms with Crippen LogP contribution in [0.1, 0.15) is 20.3 Å². The van der Waals surface area contributed by atoms with Crippen LogP contribution in [0.25, 0.3) is 0 Å². The van der Waals surface area contributed by atoms with Gasteiger partial charge in [0.25, 0.3) is 0 Å². The van der Waals surface area contributed by atoms with Crippen molar-refractivity contribution < 1.29 is 0 Å². The van der Waals surface area contributed by atoms with Gasteiger partial charge in [0.15, 0.2) is 5.96 Å². The van der Waals surface area contributed by atoms with E-state index in [0.717, 1.165) is 37.4 Å². The molecule has 1 aliphatic rings. The third-order valence-corrected chi connectivity index (χ3v) is 2.78. The van der Waals surface area contributed by atoms with Crippen LogP contribution in [0, 0.1) is 11.8 Å². The fourth-order valence-corrected chi connectivity index (χ4v) is 2.33. The lowest BCUT2D eigenvalue weighted by atomic mass is 9.92. The topological polar surface area (TPSA) is 27.6 Å². The quantitative estimate of drug-likeness (QED) is 0.426. The van der Waals surface area contributed by atoms with Crippen LogP contribution < -0.4 is 5.32 Å². The predicted octanol–water partition coefficient (Wildman–Crippen LogP) is 1.73. The Morgan fingerprint density at radius 3 is 2.53 bits per heavy atom. The number of hydrogen-bond donors (Lipinski definition) is 1. The zero-order valence-corrected chi connectivity index (χ0v) is 10.2. The monoisotopic (exact) mass is 209 g/mol. The molecule has 0 amide bonds. The second-order valence-corrected chi connectivity index (χ2v) is 4.57. The average Bonchev–Trinajstić information content (AvgIpc) is 2.17. The minimum Gasteiger partial charge on any atom is -0.353 e. The van der Waals surface area contributed by atoms with E-state index in [1.165, 1.54) is 6.42 Å². The molecular weight excluding hydrogens is 186 g/mol. The van der Waals surface area contributed by atoms with Gasteiger partial charge in [-0.15, -0.1) is 6.58 Å². The molecule has 3 heteroatoms. The molecule has 2 atom stereocenters. The molecule has 1 fully saturated rings. The number of likely N-dealkylation sites (tertiary alicyclic amines) is 1. The third-order valence-electron chi connectivity index (χ3n) is 2.78. The fraction of sp³-hybridized carbons (Fsp3) is 0.750. The van der Waals surface area contributed by atoms with Crippen molar-refractivity contribution in [2.45, 2.75) is 20.3 Å². The van der Waals surface area contributed by atoms with Gasteiger partial charge in [-0.1, -0.05) is 19.9 Å². The van der Waals surface area contributed by atoms with Crippen LogP contribution in [0.15, 0.2) is 17.6 Å². The Morgan fingerprint density at radius 1 is 1.47 bits per heavy atom. The number of aliphatic imine (C=N–C) groups is 1. The Labute approximate surface area is 93.3 Å². The Kier molecular flexibility index (Phi) is 4.66. The molecule has 0 bridgehead atoms. The Morgan fingerprint density at radius 2 is 2.07 bits per heavy atom. The summed E-state index contributed by atoms with van der Waals surface area (Å²) in [5.41, 5.74) is 0. The van der Waals surface area contributed by atoms with Crippen molar-refractivity contribution in [3.63, 3.8) is 0 Å². The van der Waals surface area contributed by atoms with E-state index >= 15 is 0 Å². The van der Waals surface area contributed by atoms with Crippen molar-refractivity contribution in [3.8, 4) is 0 Å². The molecular formula is C12H23N3. The van der Waals surface area contributed by atoms with Crippen LogP contribution in [0.2, 0.25) is 0 Å². The second kappa shape index (κ2) is 5.79. The standard InChI is InChI=1S/C12H23N3/c1-5-6-14-12(13-4)15-8-10(2)7-11(3)9-15/h5,10-11H,1,6-9H2,2-4H3,(H,13,14)/t10-,11+. The van der Waals surface area contributed by atoms with Crippen molar-refractivity contribution in [2.24, 2.45) is 16.8 Å². The number of guanidine groups is 1. The van der Waals surface area contributed by atoms with Crippen molar-refractivity contribution in [3.05, 3.63) is 12.7 Å². The highest BCUT2D eigenvalue weighted by Crippen LogP contribution is 2.20. The summed E-state index contributed by atoms with van der Waals surface area (Å²) >= 11 is 0. The number of nitrogens with zero attached hydrogens (tertiary/aromatic N) is 2. The number of rotatable bonds is 2. The van der Waals surface area contributed by atoms with E-state index in [9.17, 15) is 0 Å². The van der Waals surface area contributed by atoms with Gasteiger partial charge in [-0.25, -0.2) is 0 Å². The summed E-state index contributed by atoms with van der Waals surface area (Å²) in [7, 11) is 1.84. The first-order valence-corrected chi connectivity index (χ1v) is 5.73. The summed E-state index contributed by atoms with van der Waals surface area (Å²) in [6, 6.07) is 0. The van der Waals surface area contributed by atoms with E-state index in [-0.39, 0.29) is 0 Å². The molecule has 1 saturated heterocycles. The molecule has 0 radical (unpaired) electrons. The summed E-state index contributed by atoms with van der Waals surface area (Å²) in [4.78, 5) is 6.65. The molecule has 3 nitrogen and oxygen atoms in total. The van der Waals surface area contributed by atoms with Crippen LogP contribution in [0.5, 0.6) is 0 Å². The maximum absolute atomic E-state index is 4.30. The minimum absolute atomic E-state index is 0.760. The molecule has 1 heterocycles. The molecule has 0 spiro atoms. The van der Waals surface area contributed by atoms with Gasteiger partial charge in [0, 0.05) is 26.7 Å². The first-order valence-electron chi connectivity index (χ1n) is 5.73. The van der Waals surface area contributed by atoms with Gasteiger partial charge in [0.05, 0.1) is 0 Å². The van der Waals surface area contributed by atoms with Crippen LogP contribution in [0.4, 0.5) is 0 Å². The highest BCUT2D eigenvalue weighted by atomic mass is 15.3. The molecule has 0 aromatic rings. The minimum atomic E-state index is 0.760. The summed E-state index contributed by atoms with van der Waals surface area (Å²) < 4.78 is 0. The summed E-state index contributed by atoms with van der Waals surface area (Å²) in [6.45, 7) is 11.3. The molecule has 86 valence electrons. The largest absolute Gasteiger partial charge is 0.353 e. The molecule has 1 N–H and O–H groups in total. The van der Waals surface area contributed by atoms with Crippen molar-refractivity contribution >= 4 is 5.96 Å². The molecule has 0 unspecified atom stereocenters. The lowest BCUT2D eigenvalue weighted by molar-refractivity contribution is 0.209. The van der Waals surface area contributed by atoms with Crippen LogP contribution in [-0.4, -0.2) is 37.5 Å². The van der Waals surface area contributed by atoms with Crippen molar-refractivity contribution in [2.75, 3.05) is 26.7 Å². The highest BCUT2D eigenvalue weighted by molar-refractivity contribution is 5.80. The van der Waals surface area contributed by atoms with Crippen LogP contribution in [0.3, 0.4) is 0 Å². The molecule has 1 rings (SSSR count). The predicted molar refractivity (Wildman–Crippen MR) is 66.1 cm³/mol. The molecule has 15 heavy (non-hydrogen) atoms. The number of nitrogens with one attached hydrogen (secondary N) is 1. The molecule has 0 aliphatic carbocycles. The van der Waals surface area contributed by atoms with E-state index in [1.54, 1.807) is 0 Å². The Bertz CT molecular complexity index is 225. The first kappa shape index (κ1) is 12.1. The summed E-state index contributed by atoms with van der Waals surface area (Å²) in [6.07, 6.45) is 3.19. The van der Waals surface area contributed by atoms with Crippen molar-refractivity contribution in [1.82, 2.24) is 10.2 Å². The van der Waals surface area contributed by atoms with E-state index < -0.39 is 0 Å². The molecule has 0 aromatic carbocycles. The van der Waals surface area contributed by atoms with E-state index in [0.29, 0.717) is 0 Å². The lowest BCUT2D eigenvalue weighted by Crippen LogP contribution is -2.48. The van der Waals surface area contributed by atoms with Gasteiger partial charge >= 0.3 is 0 Å². The van der Waals surface area contributed by atoms with E-state index in [2.05, 4.69) is 35.6 Å². The zero-order valence-electron chi connectivity index (χ0n) is 10.2. The van der Waals surface area contributed by atoms with E-state index in [4.69, 9.17) is 0 Å². The van der Waals surface area contributed by atoms with Crippen molar-refractivity contribution in [1.29, 1.82) is 0 Å². The van der Waals surface area contributed by atoms with E-state index in [1.807, 2.05) is 13.1 Å². The SMILES string of the molecule is C=CCNC(=NC)N1C[C@H](C)C[C@H](C)C1. The molecule has 1 aliphatic heterocycles.